The third-order valence-corrected chi connectivity index (χ3v) is 6.90. The smallest absolute Gasteiger partial charge is 0.267 e. The molecule has 1 aromatic carbocycles. The van der Waals surface area contributed by atoms with E-state index in [1.807, 2.05) is 36.0 Å². The van der Waals surface area contributed by atoms with E-state index in [9.17, 15) is 4.79 Å². The van der Waals surface area contributed by atoms with Gasteiger partial charge in [0.15, 0.2) is 5.13 Å². The van der Waals surface area contributed by atoms with Gasteiger partial charge in [-0.2, -0.15) is 5.10 Å². The number of benzene rings is 1. The molecule has 0 bridgehead atoms. The molecule has 5 rings (SSSR count). The molecular formula is C22H20N4O2S2. The van der Waals surface area contributed by atoms with E-state index in [1.165, 1.54) is 46.6 Å². The maximum atomic E-state index is 12.6. The number of nitrogens with one attached hydrogen (secondary N) is 1. The highest BCUT2D eigenvalue weighted by atomic mass is 32.1. The average molecular weight is 437 g/mol. The zero-order chi connectivity index (χ0) is 20.5. The molecule has 0 saturated heterocycles. The third-order valence-electron chi connectivity index (χ3n) is 5.16. The van der Waals surface area contributed by atoms with E-state index >= 15 is 0 Å². The second kappa shape index (κ2) is 8.04. The Balaban J connectivity index is 1.20. The summed E-state index contributed by atoms with van der Waals surface area (Å²) in [5.41, 5.74) is 5.52. The van der Waals surface area contributed by atoms with Crippen molar-refractivity contribution >= 4 is 33.7 Å². The molecule has 4 aromatic rings. The molecule has 1 aliphatic carbocycles. The molecule has 8 heteroatoms. The topological polar surface area (TPSA) is 69.0 Å². The fourth-order valence-corrected chi connectivity index (χ4v) is 5.10. The number of aromatic nitrogens is 3. The minimum Gasteiger partial charge on any atom is -0.489 e. The number of nitrogens with zero attached hydrogens (tertiary/aromatic N) is 3. The predicted molar refractivity (Wildman–Crippen MR) is 119 cm³/mol. The lowest BCUT2D eigenvalue weighted by molar-refractivity contribution is 0.103. The molecule has 3 heterocycles. The zero-order valence-corrected chi connectivity index (χ0v) is 18.1. The fourth-order valence-electron chi connectivity index (χ4n) is 3.61. The summed E-state index contributed by atoms with van der Waals surface area (Å²) in [5, 5.41) is 11.5. The molecule has 3 aromatic heterocycles. The lowest BCUT2D eigenvalue weighted by atomic mass is 10.1. The first-order chi connectivity index (χ1) is 14.7. The lowest BCUT2D eigenvalue weighted by Gasteiger charge is -2.07. The van der Waals surface area contributed by atoms with Crippen LogP contribution in [0.5, 0.6) is 5.75 Å². The summed E-state index contributed by atoms with van der Waals surface area (Å²) in [5.74, 6) is 0.730. The van der Waals surface area contributed by atoms with E-state index < -0.39 is 0 Å². The molecule has 0 radical (unpaired) electrons. The highest BCUT2D eigenvalue weighted by molar-refractivity contribution is 7.14. The summed E-state index contributed by atoms with van der Waals surface area (Å²) in [7, 11) is 1.87. The highest BCUT2D eigenvalue weighted by Gasteiger charge is 2.15. The van der Waals surface area contributed by atoms with Gasteiger partial charge in [-0.15, -0.1) is 22.7 Å². The molecule has 0 spiro atoms. The minimum absolute atomic E-state index is 0.158. The molecule has 0 fully saturated rings. The summed E-state index contributed by atoms with van der Waals surface area (Å²) in [4.78, 5) is 17.7. The maximum Gasteiger partial charge on any atom is 0.267 e. The van der Waals surface area contributed by atoms with Crippen molar-refractivity contribution in [1.82, 2.24) is 14.8 Å². The summed E-state index contributed by atoms with van der Waals surface area (Å²) in [6, 6.07) is 10.1. The van der Waals surface area contributed by atoms with Crippen molar-refractivity contribution in [3.05, 3.63) is 68.9 Å². The fraction of sp³-hybridized carbons (Fsp3) is 0.227. The first-order valence-corrected chi connectivity index (χ1v) is 11.5. The summed E-state index contributed by atoms with van der Waals surface area (Å²) < 4.78 is 7.70. The predicted octanol–water partition coefficient (Wildman–Crippen LogP) is 4.93. The van der Waals surface area contributed by atoms with E-state index in [0.717, 1.165) is 29.1 Å². The van der Waals surface area contributed by atoms with Crippen molar-refractivity contribution in [3.8, 4) is 17.1 Å². The molecule has 30 heavy (non-hydrogen) atoms. The molecule has 152 valence electrons. The average Bonchev–Trinajstić information content (AvgIpc) is 3.53. The molecule has 0 aliphatic heterocycles. The van der Waals surface area contributed by atoms with Gasteiger partial charge in [-0.25, -0.2) is 4.98 Å². The van der Waals surface area contributed by atoms with Crippen molar-refractivity contribution in [2.45, 2.75) is 25.9 Å². The van der Waals surface area contributed by atoms with Crippen molar-refractivity contribution < 1.29 is 9.53 Å². The van der Waals surface area contributed by atoms with Crippen LogP contribution in [0, 0.1) is 0 Å². The number of aryl methyl sites for hydroxylation is 3. The molecule has 6 nitrogen and oxygen atoms in total. The number of amides is 1. The van der Waals surface area contributed by atoms with Crippen molar-refractivity contribution in [2.24, 2.45) is 7.05 Å². The monoisotopic (exact) mass is 436 g/mol. The van der Waals surface area contributed by atoms with Crippen LogP contribution in [0.25, 0.3) is 11.4 Å². The lowest BCUT2D eigenvalue weighted by Crippen LogP contribution is -2.10. The Kier molecular flexibility index (Phi) is 5.10. The number of rotatable bonds is 6. The number of thiophene rings is 1. The van der Waals surface area contributed by atoms with Gasteiger partial charge in [0, 0.05) is 24.2 Å². The Morgan fingerprint density at radius 1 is 1.17 bits per heavy atom. The van der Waals surface area contributed by atoms with Crippen LogP contribution in [0.4, 0.5) is 5.13 Å². The van der Waals surface area contributed by atoms with Crippen LogP contribution in [0.15, 0.2) is 47.3 Å². The normalized spacial score (nSPS) is 12.7. The largest absolute Gasteiger partial charge is 0.489 e. The van der Waals surface area contributed by atoms with E-state index in [4.69, 9.17) is 4.74 Å². The molecule has 0 unspecified atom stereocenters. The Morgan fingerprint density at radius 2 is 2.07 bits per heavy atom. The van der Waals surface area contributed by atoms with Gasteiger partial charge in [-0.05, 0) is 60.0 Å². The standard InChI is InChI=1S/C22H20N4O2S2/c1-26-19(7-8-23-26)18-13-30-22(24-18)25-21(27)20-9-14(12-29-20)11-28-17-6-5-15-3-2-4-16(15)10-17/h5-10,12-13H,2-4,11H2,1H3,(H,24,25,27). The molecule has 1 N–H and O–H groups in total. The van der Waals surface area contributed by atoms with Gasteiger partial charge >= 0.3 is 0 Å². The zero-order valence-electron chi connectivity index (χ0n) is 16.4. The van der Waals surface area contributed by atoms with Gasteiger partial charge < -0.3 is 4.74 Å². The highest BCUT2D eigenvalue weighted by Crippen LogP contribution is 2.28. The number of hydrogen-bond donors (Lipinski definition) is 1. The summed E-state index contributed by atoms with van der Waals surface area (Å²) in [6.45, 7) is 0.449. The minimum atomic E-state index is -0.158. The Bertz CT molecular complexity index is 1210. The van der Waals surface area contributed by atoms with Crippen molar-refractivity contribution in [2.75, 3.05) is 5.32 Å². The van der Waals surface area contributed by atoms with E-state index in [-0.39, 0.29) is 5.91 Å². The van der Waals surface area contributed by atoms with Gasteiger partial charge in [0.05, 0.1) is 10.6 Å². The number of ether oxygens (including phenoxy) is 1. The Morgan fingerprint density at radius 3 is 2.93 bits per heavy atom. The van der Waals surface area contributed by atoms with Crippen molar-refractivity contribution in [1.29, 1.82) is 0 Å². The molecule has 1 aliphatic rings. The number of fused-ring (bicyclic) bond motifs is 1. The van der Waals surface area contributed by atoms with Gasteiger partial charge in [-0.1, -0.05) is 6.07 Å². The van der Waals surface area contributed by atoms with Crippen LogP contribution in [0.1, 0.15) is 32.8 Å². The first kappa shape index (κ1) is 19.0. The molecular weight excluding hydrogens is 416 g/mol. The number of anilines is 1. The summed E-state index contributed by atoms with van der Waals surface area (Å²) in [6.07, 6.45) is 5.26. The van der Waals surface area contributed by atoms with E-state index in [1.54, 1.807) is 10.9 Å². The number of carbonyl (C=O) groups is 1. The van der Waals surface area contributed by atoms with Crippen LogP contribution in [0.3, 0.4) is 0 Å². The van der Waals surface area contributed by atoms with Gasteiger partial charge in [0.1, 0.15) is 18.1 Å². The van der Waals surface area contributed by atoms with Crippen LogP contribution in [0.2, 0.25) is 0 Å². The van der Waals surface area contributed by atoms with E-state index in [0.29, 0.717) is 16.6 Å². The third kappa shape index (κ3) is 3.88. The quantitative estimate of drug-likeness (QED) is 0.466. The van der Waals surface area contributed by atoms with Crippen LogP contribution in [-0.2, 0) is 26.5 Å². The van der Waals surface area contributed by atoms with Gasteiger partial charge in [0.2, 0.25) is 0 Å². The number of hydrogen-bond acceptors (Lipinski definition) is 6. The summed E-state index contributed by atoms with van der Waals surface area (Å²) >= 11 is 2.81. The van der Waals surface area contributed by atoms with Gasteiger partial charge in [-0.3, -0.25) is 14.8 Å². The van der Waals surface area contributed by atoms with Crippen molar-refractivity contribution in [3.63, 3.8) is 0 Å². The number of carbonyl (C=O) groups excluding carboxylic acids is 1. The SMILES string of the molecule is Cn1nccc1-c1csc(NC(=O)c2cc(COc3ccc4c(c3)CCC4)cs2)n1. The van der Waals surface area contributed by atoms with Gasteiger partial charge in [0.25, 0.3) is 5.91 Å². The molecule has 0 saturated carbocycles. The second-order valence-corrected chi connectivity index (χ2v) is 8.99. The van der Waals surface area contributed by atoms with E-state index in [2.05, 4.69) is 27.5 Å². The Hall–Kier alpha value is -2.97. The first-order valence-electron chi connectivity index (χ1n) is 9.73. The van der Waals surface area contributed by atoms with Crippen LogP contribution >= 0.6 is 22.7 Å². The molecule has 1 amide bonds. The molecule has 0 atom stereocenters. The van der Waals surface area contributed by atoms with Crippen LogP contribution in [-0.4, -0.2) is 20.7 Å². The Labute approximate surface area is 182 Å². The second-order valence-electron chi connectivity index (χ2n) is 7.22. The van der Waals surface area contributed by atoms with Crippen LogP contribution < -0.4 is 10.1 Å². The maximum absolute atomic E-state index is 12.6. The number of thiazole rings is 1.